The highest BCUT2D eigenvalue weighted by Crippen LogP contribution is 2.45. The van der Waals surface area contributed by atoms with Crippen LogP contribution in [0.5, 0.6) is 23.0 Å². The van der Waals surface area contributed by atoms with Crippen molar-refractivity contribution in [2.24, 2.45) is 32.8 Å². The van der Waals surface area contributed by atoms with Gasteiger partial charge in [-0.2, -0.15) is 0 Å². The minimum Gasteiger partial charge on any atom is -0.496 e. The molecule has 1 aliphatic carbocycles. The number of esters is 2. The second-order valence-electron chi connectivity index (χ2n) is 22.0. The van der Waals surface area contributed by atoms with Crippen LogP contribution in [0.15, 0.2) is 34.6 Å². The number of likely N-dealkylation sites (tertiary alicyclic amines) is 2. The first kappa shape index (κ1) is 60.6. The molecular formula is C53H75Cl3N6O13. The highest BCUT2D eigenvalue weighted by molar-refractivity contribution is 6.33. The van der Waals surface area contributed by atoms with E-state index in [9.17, 15) is 24.0 Å². The predicted octanol–water partition coefficient (Wildman–Crippen LogP) is 7.68. The van der Waals surface area contributed by atoms with Crippen molar-refractivity contribution >= 4 is 76.7 Å². The number of nitrogens with one attached hydrogen (secondary N) is 1. The van der Waals surface area contributed by atoms with Crippen LogP contribution in [0.2, 0.25) is 10.0 Å². The van der Waals surface area contributed by atoms with Crippen molar-refractivity contribution in [3.63, 3.8) is 0 Å². The lowest BCUT2D eigenvalue weighted by atomic mass is 9.85. The summed E-state index contributed by atoms with van der Waals surface area (Å²) >= 11 is 12.7. The number of nitrogens with zero attached hydrogens (tertiary/aromatic N) is 4. The van der Waals surface area contributed by atoms with Crippen molar-refractivity contribution in [3.05, 3.63) is 45.4 Å². The van der Waals surface area contributed by atoms with Gasteiger partial charge in [-0.05, 0) is 41.7 Å². The number of rotatable bonds is 13. The molecule has 3 N–H and O–H groups in total. The second kappa shape index (κ2) is 24.8. The first-order valence-electron chi connectivity index (χ1n) is 25.0. The first-order chi connectivity index (χ1) is 34.9. The number of amides is 3. The van der Waals surface area contributed by atoms with Crippen molar-refractivity contribution in [1.29, 1.82) is 0 Å². The molecule has 0 unspecified atom stereocenters. The van der Waals surface area contributed by atoms with E-state index >= 15 is 0 Å². The molecule has 2 saturated heterocycles. The van der Waals surface area contributed by atoms with Crippen LogP contribution in [-0.2, 0) is 43.1 Å². The topological polar surface area (TPSA) is 228 Å². The Balaban J connectivity index is 0.000000284. The van der Waals surface area contributed by atoms with E-state index in [1.54, 1.807) is 31.4 Å². The maximum Gasteiger partial charge on any atom is 0.328 e. The first-order valence-corrected chi connectivity index (χ1v) is 25.8. The predicted molar refractivity (Wildman–Crippen MR) is 285 cm³/mol. The Morgan fingerprint density at radius 1 is 0.667 bits per heavy atom. The zero-order chi connectivity index (χ0) is 54.5. The lowest BCUT2D eigenvalue weighted by Crippen LogP contribution is -2.57. The van der Waals surface area contributed by atoms with Crippen molar-refractivity contribution in [1.82, 2.24) is 15.1 Å². The summed E-state index contributed by atoms with van der Waals surface area (Å²) in [4.78, 5) is 80.8. The van der Waals surface area contributed by atoms with Gasteiger partial charge >= 0.3 is 11.9 Å². The zero-order valence-electron chi connectivity index (χ0n) is 45.2. The van der Waals surface area contributed by atoms with Crippen LogP contribution in [0.4, 0.5) is 0 Å². The number of benzene rings is 2. The van der Waals surface area contributed by atoms with E-state index < -0.39 is 58.1 Å². The zero-order valence-corrected chi connectivity index (χ0v) is 47.6. The molecule has 3 amide bonds. The van der Waals surface area contributed by atoms with Crippen LogP contribution in [0, 0.1) is 16.7 Å². The van der Waals surface area contributed by atoms with Gasteiger partial charge in [-0.1, -0.05) is 101 Å². The van der Waals surface area contributed by atoms with Crippen molar-refractivity contribution in [2.75, 3.05) is 55.7 Å². The Morgan fingerprint density at radius 3 is 1.45 bits per heavy atom. The molecule has 416 valence electrons. The van der Waals surface area contributed by atoms with Gasteiger partial charge in [0, 0.05) is 55.4 Å². The maximum absolute atomic E-state index is 14.2. The smallest absolute Gasteiger partial charge is 0.328 e. The fourth-order valence-corrected chi connectivity index (χ4v) is 10.8. The fraction of sp³-hybridized carbons (Fsp3) is 0.642. The Hall–Kier alpha value is -5.24. The molecule has 7 rings (SSSR count). The molecule has 2 spiro atoms. The molecule has 0 radical (unpaired) electrons. The summed E-state index contributed by atoms with van der Waals surface area (Å²) in [5.41, 5.74) is 5.78. The molecule has 4 heterocycles. The van der Waals surface area contributed by atoms with Gasteiger partial charge in [0.05, 0.1) is 83.3 Å². The Labute approximate surface area is 456 Å². The van der Waals surface area contributed by atoms with E-state index in [0.29, 0.717) is 80.8 Å². The lowest BCUT2D eigenvalue weighted by molar-refractivity contribution is -0.153. The van der Waals surface area contributed by atoms with Gasteiger partial charge in [-0.25, -0.2) is 9.59 Å². The minimum atomic E-state index is -0.950. The summed E-state index contributed by atoms with van der Waals surface area (Å²) in [5, 5.41) is 12.4. The third-order valence-corrected chi connectivity index (χ3v) is 15.2. The second-order valence-corrected chi connectivity index (χ2v) is 22.9. The van der Waals surface area contributed by atoms with Crippen molar-refractivity contribution < 1.29 is 62.1 Å². The molecule has 5 aliphatic rings. The molecule has 1 saturated carbocycles. The summed E-state index contributed by atoms with van der Waals surface area (Å²) in [7, 11) is 8.71. The maximum atomic E-state index is 14.2. The Bertz CT molecular complexity index is 2490. The molecule has 4 aliphatic heterocycles. The number of carbonyl (C=O) groups excluding carboxylic acids is 5. The quantitative estimate of drug-likeness (QED) is 0.145. The molecule has 75 heavy (non-hydrogen) atoms. The Morgan fingerprint density at radius 2 is 1.08 bits per heavy atom. The number of halogens is 3. The highest BCUT2D eigenvalue weighted by Gasteiger charge is 2.57. The van der Waals surface area contributed by atoms with E-state index in [0.717, 1.165) is 25.7 Å². The number of ether oxygens (including phenoxy) is 6. The van der Waals surface area contributed by atoms with Crippen LogP contribution >= 0.6 is 35.6 Å². The molecule has 22 heteroatoms. The molecule has 2 aromatic rings. The number of oxime groups is 2. The molecule has 3 fully saturated rings. The number of carbonyl (C=O) groups is 5. The minimum absolute atomic E-state index is 0. The summed E-state index contributed by atoms with van der Waals surface area (Å²) < 4.78 is 31.7. The molecule has 2 aromatic carbocycles. The van der Waals surface area contributed by atoms with Gasteiger partial charge < -0.3 is 58.9 Å². The van der Waals surface area contributed by atoms with Crippen molar-refractivity contribution in [2.45, 2.75) is 148 Å². The van der Waals surface area contributed by atoms with Gasteiger partial charge in [0.1, 0.15) is 41.1 Å². The molecular weight excluding hydrogens is 1030 g/mol. The number of nitrogens with two attached hydrogens (primary N) is 1. The van der Waals surface area contributed by atoms with Crippen LogP contribution in [0.1, 0.15) is 123 Å². The lowest BCUT2D eigenvalue weighted by Gasteiger charge is -2.35. The standard InChI is InChI=1S/C31H44ClN3O7.C22H30ClN3O6.ClH/c1-30(2,3)27(33-26(36)13-19-11-9-7-8-10-12-19)28(37)35-18-31(17-23(35)29(38)41-6)16-22(34-42-31)20-14-21(32)25(40-5)15-24(20)39-4;1-21(2,3)18(24)19(27)26-11-22(10-15(26)20(28)31-6)9-14(25-32-22)12-7-13(23)17(30-5)8-16(12)29-4;/h14-15,19,23,27H,7-13,16-18H2,1-6H3,(H,33,36);7-8,15,18H,9-11,24H2,1-6H3;1H/t23-,27+,31+;15-,18+,22+;/m00./s1. The van der Waals surface area contributed by atoms with Crippen LogP contribution in [-0.4, -0.2) is 142 Å². The van der Waals surface area contributed by atoms with Crippen LogP contribution < -0.4 is 30.0 Å². The number of hydrogen-bond donors (Lipinski definition) is 2. The van der Waals surface area contributed by atoms with E-state index in [1.165, 1.54) is 58.2 Å². The number of methoxy groups -OCH3 is 6. The molecule has 0 aromatic heterocycles. The highest BCUT2D eigenvalue weighted by atomic mass is 35.5. The fourth-order valence-electron chi connectivity index (χ4n) is 10.4. The van der Waals surface area contributed by atoms with Crippen LogP contribution in [0.3, 0.4) is 0 Å². The van der Waals surface area contributed by atoms with Gasteiger partial charge in [-0.3, -0.25) is 14.4 Å². The molecule has 19 nitrogen and oxygen atoms in total. The summed E-state index contributed by atoms with van der Waals surface area (Å²) in [5.74, 6) is 0.435. The summed E-state index contributed by atoms with van der Waals surface area (Å²) in [6, 6.07) is 3.45. The average Bonchev–Trinajstić information content (AvgIpc) is 4.13. The van der Waals surface area contributed by atoms with E-state index in [1.807, 2.05) is 41.5 Å². The average molecular weight is 1110 g/mol. The van der Waals surface area contributed by atoms with Gasteiger partial charge in [0.15, 0.2) is 11.2 Å². The van der Waals surface area contributed by atoms with Crippen LogP contribution in [0.25, 0.3) is 0 Å². The SMILES string of the molecule is COC(=O)[C@@H]1C[C@]2(CC(c3cc(Cl)c(OC)cc3OC)=NO2)CN1C(=O)[C@@H](N)C(C)(C)C.COC(=O)[C@@H]1C[C@]2(CC(c3cc(Cl)c(OC)cc3OC)=NO2)CN1C(=O)[C@@H](NC(=O)CC1CCCCCC1)C(C)(C)C.Cl. The van der Waals surface area contributed by atoms with E-state index in [-0.39, 0.29) is 56.1 Å². The normalized spacial score (nSPS) is 23.2. The van der Waals surface area contributed by atoms with Crippen molar-refractivity contribution in [3.8, 4) is 23.0 Å². The third kappa shape index (κ3) is 13.7. The van der Waals surface area contributed by atoms with E-state index in [4.69, 9.17) is 67.0 Å². The van der Waals surface area contributed by atoms with Gasteiger partial charge in [0.25, 0.3) is 0 Å². The molecule has 0 bridgehead atoms. The third-order valence-electron chi connectivity index (χ3n) is 14.6. The number of hydrogen-bond acceptors (Lipinski definition) is 16. The van der Waals surface area contributed by atoms with Gasteiger partial charge in [0.2, 0.25) is 17.7 Å². The summed E-state index contributed by atoms with van der Waals surface area (Å²) in [6.45, 7) is 11.6. The van der Waals surface area contributed by atoms with E-state index in [2.05, 4.69) is 15.6 Å². The van der Waals surface area contributed by atoms with Gasteiger partial charge in [-0.15, -0.1) is 12.4 Å². The monoisotopic (exact) mass is 1110 g/mol. The molecule has 6 atom stereocenters. The summed E-state index contributed by atoms with van der Waals surface area (Å²) in [6.07, 6.45) is 8.25. The Kier molecular flexibility index (Phi) is 20.1. The largest absolute Gasteiger partial charge is 0.496 e.